The molecule has 1 amide bonds. The molecule has 1 aromatic carbocycles. The first-order valence-corrected chi connectivity index (χ1v) is 11.0. The maximum atomic E-state index is 13.0. The standard InChI is InChI=1S/C17H21N3O5S2.ClH/c1-19(2)7-8-20(16(21)12-11-24-9-10-25-12)17-18-15-13(26-17)5-4-6-14(15)27(3,22)23;/h4-6,11H,7-10H2,1-3H3;1H. The molecule has 0 fully saturated rings. The van der Waals surface area contributed by atoms with Crippen LogP contribution in [0.2, 0.25) is 0 Å². The Morgan fingerprint density at radius 3 is 2.61 bits per heavy atom. The van der Waals surface area contributed by atoms with Crippen molar-refractivity contribution >= 4 is 54.8 Å². The van der Waals surface area contributed by atoms with Gasteiger partial charge in [0.05, 0.1) is 9.60 Å². The van der Waals surface area contributed by atoms with Crippen LogP contribution in [0.4, 0.5) is 5.13 Å². The van der Waals surface area contributed by atoms with Gasteiger partial charge in [-0.25, -0.2) is 13.4 Å². The van der Waals surface area contributed by atoms with Crippen LogP contribution in [-0.2, 0) is 24.1 Å². The third kappa shape index (κ3) is 4.93. The van der Waals surface area contributed by atoms with Crippen molar-refractivity contribution in [3.8, 4) is 0 Å². The van der Waals surface area contributed by atoms with Crippen LogP contribution in [-0.4, -0.2) is 70.9 Å². The monoisotopic (exact) mass is 447 g/mol. The Kier molecular flexibility index (Phi) is 7.27. The van der Waals surface area contributed by atoms with Crippen LogP contribution in [0.25, 0.3) is 10.2 Å². The smallest absolute Gasteiger partial charge is 0.298 e. The number of thiazole rings is 1. The van der Waals surface area contributed by atoms with E-state index in [1.807, 2.05) is 19.0 Å². The molecule has 154 valence electrons. The SMILES string of the molecule is CN(C)CCN(C(=O)C1=COCCO1)c1nc2c(S(C)(=O)=O)cccc2s1.Cl. The number of rotatable bonds is 6. The molecule has 28 heavy (non-hydrogen) atoms. The van der Waals surface area contributed by atoms with Gasteiger partial charge >= 0.3 is 0 Å². The molecule has 2 heterocycles. The molecule has 0 saturated heterocycles. The Labute approximate surface area is 174 Å². The van der Waals surface area contributed by atoms with Crippen LogP contribution >= 0.6 is 23.7 Å². The summed E-state index contributed by atoms with van der Waals surface area (Å²) >= 11 is 1.27. The van der Waals surface area contributed by atoms with Gasteiger partial charge in [0, 0.05) is 19.3 Å². The fourth-order valence-electron chi connectivity index (χ4n) is 2.52. The van der Waals surface area contributed by atoms with Crippen molar-refractivity contribution in [2.75, 3.05) is 51.6 Å². The second kappa shape index (κ2) is 9.08. The van der Waals surface area contributed by atoms with Gasteiger partial charge in [0.15, 0.2) is 15.0 Å². The number of fused-ring (bicyclic) bond motifs is 1. The predicted molar refractivity (Wildman–Crippen MR) is 111 cm³/mol. The molecule has 0 aliphatic carbocycles. The Morgan fingerprint density at radius 1 is 1.25 bits per heavy atom. The number of carbonyl (C=O) groups excluding carboxylic acids is 1. The quantitative estimate of drug-likeness (QED) is 0.668. The van der Waals surface area contributed by atoms with Gasteiger partial charge < -0.3 is 14.4 Å². The van der Waals surface area contributed by atoms with Crippen LogP contribution in [0.15, 0.2) is 35.1 Å². The molecule has 3 rings (SSSR count). The zero-order valence-electron chi connectivity index (χ0n) is 15.7. The van der Waals surface area contributed by atoms with Crippen LogP contribution in [0, 0.1) is 0 Å². The van der Waals surface area contributed by atoms with Crippen LogP contribution in [0.5, 0.6) is 0 Å². The van der Waals surface area contributed by atoms with Gasteiger partial charge in [-0.3, -0.25) is 9.69 Å². The van der Waals surface area contributed by atoms with E-state index in [1.165, 1.54) is 28.6 Å². The van der Waals surface area contributed by atoms with E-state index < -0.39 is 9.84 Å². The van der Waals surface area contributed by atoms with Gasteiger partial charge in [0.25, 0.3) is 5.91 Å². The average molecular weight is 448 g/mol. The van der Waals surface area contributed by atoms with E-state index in [0.717, 1.165) is 6.26 Å². The number of ether oxygens (including phenoxy) is 2. The van der Waals surface area contributed by atoms with Crippen molar-refractivity contribution in [3.63, 3.8) is 0 Å². The Morgan fingerprint density at radius 2 is 2.00 bits per heavy atom. The van der Waals surface area contributed by atoms with Crippen molar-refractivity contribution in [2.45, 2.75) is 4.90 Å². The zero-order valence-corrected chi connectivity index (χ0v) is 18.2. The number of hydrogen-bond acceptors (Lipinski definition) is 8. The third-order valence-corrected chi connectivity index (χ3v) is 6.05. The lowest BCUT2D eigenvalue weighted by atomic mass is 10.3. The minimum atomic E-state index is -3.43. The first-order valence-electron chi connectivity index (χ1n) is 8.28. The molecule has 0 N–H and O–H groups in total. The summed E-state index contributed by atoms with van der Waals surface area (Å²) in [7, 11) is 0.378. The molecule has 1 aromatic heterocycles. The number of halogens is 1. The van der Waals surface area contributed by atoms with E-state index in [0.29, 0.717) is 41.7 Å². The molecule has 2 aromatic rings. The van der Waals surface area contributed by atoms with Gasteiger partial charge in [-0.15, -0.1) is 12.4 Å². The van der Waals surface area contributed by atoms with Gasteiger partial charge in [0.1, 0.15) is 25.0 Å². The second-order valence-corrected chi connectivity index (χ2v) is 9.33. The summed E-state index contributed by atoms with van der Waals surface area (Å²) in [6, 6.07) is 4.99. The summed E-state index contributed by atoms with van der Waals surface area (Å²) in [5.41, 5.74) is 0.373. The lowest BCUT2D eigenvalue weighted by Gasteiger charge is -2.24. The van der Waals surface area contributed by atoms with Crippen LogP contribution in [0.1, 0.15) is 0 Å². The Hall–Kier alpha value is -1.88. The fourth-order valence-corrected chi connectivity index (χ4v) is 4.44. The molecule has 0 bridgehead atoms. The highest BCUT2D eigenvalue weighted by Crippen LogP contribution is 2.33. The average Bonchev–Trinajstić information content (AvgIpc) is 3.05. The first kappa shape index (κ1) is 22.4. The van der Waals surface area contributed by atoms with Crippen molar-refractivity contribution in [1.82, 2.24) is 9.88 Å². The zero-order chi connectivity index (χ0) is 19.6. The number of carbonyl (C=O) groups is 1. The summed E-state index contributed by atoms with van der Waals surface area (Å²) in [6.45, 7) is 1.68. The van der Waals surface area contributed by atoms with Gasteiger partial charge in [-0.2, -0.15) is 0 Å². The predicted octanol–water partition coefficient (Wildman–Crippen LogP) is 1.90. The number of nitrogens with zero attached hydrogens (tertiary/aromatic N) is 3. The second-order valence-electron chi connectivity index (χ2n) is 6.33. The number of anilines is 1. The van der Waals surface area contributed by atoms with E-state index in [4.69, 9.17) is 9.47 Å². The number of amides is 1. The van der Waals surface area contributed by atoms with E-state index in [-0.39, 0.29) is 29.0 Å². The van der Waals surface area contributed by atoms with E-state index in [2.05, 4.69) is 4.98 Å². The molecule has 0 saturated carbocycles. The number of sulfone groups is 1. The molecular weight excluding hydrogens is 426 g/mol. The number of benzene rings is 1. The normalized spacial score (nSPS) is 14.1. The number of para-hydroxylation sites is 1. The van der Waals surface area contributed by atoms with Gasteiger partial charge in [0.2, 0.25) is 5.76 Å². The third-order valence-electron chi connectivity index (χ3n) is 3.88. The topological polar surface area (TPSA) is 89.0 Å². The highest BCUT2D eigenvalue weighted by Gasteiger charge is 2.27. The highest BCUT2D eigenvalue weighted by atomic mass is 35.5. The maximum absolute atomic E-state index is 13.0. The molecule has 0 unspecified atom stereocenters. The van der Waals surface area contributed by atoms with E-state index in [1.54, 1.807) is 12.1 Å². The molecule has 0 atom stereocenters. The Bertz CT molecular complexity index is 988. The molecule has 0 spiro atoms. The maximum Gasteiger partial charge on any atom is 0.298 e. The summed E-state index contributed by atoms with van der Waals surface area (Å²) in [5.74, 6) is -0.251. The van der Waals surface area contributed by atoms with E-state index >= 15 is 0 Å². The summed E-state index contributed by atoms with van der Waals surface area (Å²) in [4.78, 5) is 21.0. The molecular formula is C17H22ClN3O5S2. The largest absolute Gasteiger partial charge is 0.494 e. The summed E-state index contributed by atoms with van der Waals surface area (Å²) < 4.78 is 35.4. The van der Waals surface area contributed by atoms with Crippen LogP contribution < -0.4 is 4.90 Å². The highest BCUT2D eigenvalue weighted by molar-refractivity contribution is 7.91. The number of likely N-dealkylation sites (N-methyl/N-ethyl adjacent to an activating group) is 1. The van der Waals surface area contributed by atoms with Crippen molar-refractivity contribution < 1.29 is 22.7 Å². The van der Waals surface area contributed by atoms with Crippen molar-refractivity contribution in [3.05, 3.63) is 30.2 Å². The molecule has 8 nitrogen and oxygen atoms in total. The summed E-state index contributed by atoms with van der Waals surface area (Å²) in [6.07, 6.45) is 2.46. The lowest BCUT2D eigenvalue weighted by Crippen LogP contribution is -2.38. The molecule has 1 aliphatic heterocycles. The van der Waals surface area contributed by atoms with Crippen molar-refractivity contribution in [2.24, 2.45) is 0 Å². The number of hydrogen-bond donors (Lipinski definition) is 0. The molecule has 11 heteroatoms. The minimum Gasteiger partial charge on any atom is -0.494 e. The van der Waals surface area contributed by atoms with Crippen LogP contribution in [0.3, 0.4) is 0 Å². The Balaban J connectivity index is 0.00000280. The van der Waals surface area contributed by atoms with Gasteiger partial charge in [-0.1, -0.05) is 17.4 Å². The minimum absolute atomic E-state index is 0. The molecule has 0 radical (unpaired) electrons. The first-order chi connectivity index (χ1) is 12.8. The van der Waals surface area contributed by atoms with E-state index in [9.17, 15) is 13.2 Å². The number of aromatic nitrogens is 1. The molecule has 1 aliphatic rings. The van der Waals surface area contributed by atoms with Gasteiger partial charge in [-0.05, 0) is 26.2 Å². The fraction of sp³-hybridized carbons (Fsp3) is 0.412. The summed E-state index contributed by atoms with van der Waals surface area (Å²) in [5, 5.41) is 0.419. The lowest BCUT2D eigenvalue weighted by molar-refractivity contribution is -0.119. The van der Waals surface area contributed by atoms with Crippen molar-refractivity contribution in [1.29, 1.82) is 0 Å².